The van der Waals surface area contributed by atoms with Crippen LogP contribution in [0.3, 0.4) is 0 Å². The smallest absolute Gasteiger partial charge is 0.384 e. The summed E-state index contributed by atoms with van der Waals surface area (Å²) in [6, 6.07) is 11.5. The monoisotopic (exact) mass is 583 g/mol. The Morgan fingerprint density at radius 3 is 1.85 bits per heavy atom. The van der Waals surface area contributed by atoms with Crippen molar-refractivity contribution >= 4 is 23.5 Å². The molecule has 0 aliphatic carbocycles. The lowest BCUT2D eigenvalue weighted by Gasteiger charge is -2.12. The van der Waals surface area contributed by atoms with Gasteiger partial charge in [-0.1, -0.05) is 112 Å². The highest BCUT2D eigenvalue weighted by Crippen LogP contribution is 2.30. The topological polar surface area (TPSA) is 117 Å². The third-order valence-corrected chi connectivity index (χ3v) is 5.54. The average Bonchev–Trinajstić information content (AvgIpc) is 2.92. The van der Waals surface area contributed by atoms with E-state index in [0.29, 0.717) is 23.2 Å². The van der Waals surface area contributed by atoms with Crippen LogP contribution >= 0.6 is 0 Å². The number of carbonyl (C=O) groups is 1. The summed E-state index contributed by atoms with van der Waals surface area (Å²) in [5.41, 5.74) is 8.44. The molecule has 0 aromatic heterocycles. The van der Waals surface area contributed by atoms with Gasteiger partial charge < -0.3 is 15.8 Å². The molecule has 41 heavy (non-hydrogen) atoms. The van der Waals surface area contributed by atoms with E-state index >= 15 is 0 Å². The molecule has 0 spiro atoms. The summed E-state index contributed by atoms with van der Waals surface area (Å²) in [7, 11) is 0. The van der Waals surface area contributed by atoms with Crippen LogP contribution in [0.2, 0.25) is 0 Å². The predicted molar refractivity (Wildman–Crippen MR) is 171 cm³/mol. The van der Waals surface area contributed by atoms with Gasteiger partial charge >= 0.3 is 6.18 Å². The Balaban J connectivity index is -0.000000595. The van der Waals surface area contributed by atoms with Gasteiger partial charge in [0, 0.05) is 16.9 Å². The van der Waals surface area contributed by atoms with E-state index in [9.17, 15) is 18.0 Å². The number of benzene rings is 2. The summed E-state index contributed by atoms with van der Waals surface area (Å²) in [5, 5.41) is 10.4. The molecule has 0 bridgehead atoms. The molecule has 0 saturated heterocycles. The van der Waals surface area contributed by atoms with Gasteiger partial charge in [0.2, 0.25) is 0 Å². The lowest BCUT2D eigenvalue weighted by atomic mass is 10.0. The van der Waals surface area contributed by atoms with Crippen LogP contribution in [0, 0.1) is 11.3 Å². The highest BCUT2D eigenvalue weighted by atomic mass is 19.4. The number of nitrogen functional groups attached to an aromatic ring is 1. The molecule has 236 valence electrons. The molecule has 0 aliphatic rings. The minimum atomic E-state index is -4.35. The number of halogens is 3. The number of para-hydroxylation sites is 1. The summed E-state index contributed by atoms with van der Waals surface area (Å²) < 4.78 is 37.4. The fourth-order valence-electron chi connectivity index (χ4n) is 3.46. The zero-order valence-corrected chi connectivity index (χ0v) is 25.0. The van der Waals surface area contributed by atoms with Crippen LogP contribution in [0.25, 0.3) is 0 Å². The highest BCUT2D eigenvalue weighted by molar-refractivity contribution is 6.00. The molecule has 0 fully saturated rings. The van der Waals surface area contributed by atoms with Gasteiger partial charge in [-0.3, -0.25) is 16.7 Å². The fourth-order valence-corrected chi connectivity index (χ4v) is 3.46. The first kappa shape index (κ1) is 42.6. The van der Waals surface area contributed by atoms with E-state index in [0.717, 1.165) is 18.1 Å². The molecule has 0 amide bonds. The number of aldehydes is 1. The molecule has 0 aliphatic heterocycles. The Hall–Kier alpha value is -2.91. The number of hydrogen-bond acceptors (Lipinski definition) is 5. The maximum absolute atomic E-state index is 12.5. The van der Waals surface area contributed by atoms with Crippen molar-refractivity contribution in [3.63, 3.8) is 0 Å². The number of amidine groups is 1. The van der Waals surface area contributed by atoms with E-state index in [1.807, 2.05) is 13.8 Å². The quantitative estimate of drug-likeness (QED) is 0.0379. The van der Waals surface area contributed by atoms with Crippen LogP contribution in [0.5, 0.6) is 0 Å². The van der Waals surface area contributed by atoms with Gasteiger partial charge in [-0.2, -0.15) is 13.2 Å². The normalized spacial score (nSPS) is 10.0. The summed E-state index contributed by atoms with van der Waals surface area (Å²) in [5.74, 6) is 5.45. The molecule has 2 aromatic carbocycles. The van der Waals surface area contributed by atoms with E-state index < -0.39 is 11.7 Å². The van der Waals surface area contributed by atoms with Gasteiger partial charge in [0.15, 0.2) is 0 Å². The van der Waals surface area contributed by atoms with Gasteiger partial charge in [-0.25, -0.2) is 0 Å². The largest absolute Gasteiger partial charge is 0.416 e. The summed E-state index contributed by atoms with van der Waals surface area (Å²) in [4.78, 5) is 9.26. The van der Waals surface area contributed by atoms with Crippen LogP contribution < -0.4 is 22.3 Å². The van der Waals surface area contributed by atoms with E-state index in [2.05, 4.69) is 37.4 Å². The number of unbranched alkanes of at least 4 members (excludes halogenated alkanes) is 7. The van der Waals surface area contributed by atoms with E-state index in [1.165, 1.54) is 69.9 Å². The Morgan fingerprint density at radius 2 is 1.44 bits per heavy atom. The van der Waals surface area contributed by atoms with Crippen molar-refractivity contribution < 1.29 is 18.0 Å². The first-order chi connectivity index (χ1) is 19.1. The molecule has 2 rings (SSSR count). The van der Waals surface area contributed by atoms with Crippen LogP contribution in [0.4, 0.5) is 24.5 Å². The number of nitrogens with one attached hydrogen (secondary N) is 3. The lowest BCUT2D eigenvalue weighted by Crippen LogP contribution is -2.23. The molecule has 0 radical (unpaired) electrons. The van der Waals surface area contributed by atoms with Gasteiger partial charge in [-0.15, -0.1) is 0 Å². The molecule has 0 heterocycles. The molecule has 0 saturated carbocycles. The summed E-state index contributed by atoms with van der Waals surface area (Å²) in [6.07, 6.45) is 9.35. The molecule has 7 N–H and O–H groups in total. The zero-order valence-electron chi connectivity index (χ0n) is 25.0. The van der Waals surface area contributed by atoms with Crippen molar-refractivity contribution in [2.45, 2.75) is 106 Å². The van der Waals surface area contributed by atoms with Crippen molar-refractivity contribution in [3.05, 3.63) is 59.7 Å². The average molecular weight is 584 g/mol. The molecular formula is C32H56F3N5O. The number of hydrazine groups is 1. The SMILES string of the molecule is C.CC.CCCCCCCCCCC(C)C.N=C(N)c1ccccc1Nc1ccc(C(F)(F)F)cc1.NNCC=O. The molecule has 2 aromatic rings. The van der Waals surface area contributed by atoms with Crippen molar-refractivity contribution in [2.24, 2.45) is 17.5 Å². The fraction of sp³-hybridized carbons (Fsp3) is 0.562. The van der Waals surface area contributed by atoms with Crippen LogP contribution in [-0.4, -0.2) is 18.7 Å². The third kappa shape index (κ3) is 23.5. The summed E-state index contributed by atoms with van der Waals surface area (Å²) in [6.45, 7) is 11.2. The number of hydrogen-bond donors (Lipinski definition) is 5. The van der Waals surface area contributed by atoms with Crippen molar-refractivity contribution in [1.82, 2.24) is 5.43 Å². The van der Waals surface area contributed by atoms with Crippen molar-refractivity contribution in [3.8, 4) is 0 Å². The molecule has 0 atom stereocenters. The maximum atomic E-state index is 12.5. The standard InChI is InChI=1S/C14H12F3N3.C13H28.C2H6N2O.C2H6.CH4/c15-14(16,17)9-5-7-10(8-6-9)20-12-4-2-1-3-11(12)13(18)19;1-4-5-6-7-8-9-10-11-12-13(2)3;3-4-1-2-5;1-2;/h1-8,20H,(H3,18,19);13H,4-12H2,1-3H3;2,4H,1,3H2;1-2H3;1H4. The van der Waals surface area contributed by atoms with Gasteiger partial charge in [0.25, 0.3) is 0 Å². The van der Waals surface area contributed by atoms with Crippen LogP contribution in [0.15, 0.2) is 48.5 Å². The van der Waals surface area contributed by atoms with Gasteiger partial charge in [0.05, 0.1) is 12.1 Å². The number of alkyl halides is 3. The molecule has 6 nitrogen and oxygen atoms in total. The highest BCUT2D eigenvalue weighted by Gasteiger charge is 2.29. The van der Waals surface area contributed by atoms with Gasteiger partial charge in [-0.05, 0) is 42.3 Å². The van der Waals surface area contributed by atoms with Crippen LogP contribution in [0.1, 0.15) is 111 Å². The number of anilines is 2. The Labute approximate surface area is 247 Å². The number of carbonyl (C=O) groups excluding carboxylic acids is 1. The van der Waals surface area contributed by atoms with E-state index in [-0.39, 0.29) is 19.8 Å². The second-order valence-electron chi connectivity index (χ2n) is 9.39. The van der Waals surface area contributed by atoms with Crippen molar-refractivity contribution in [2.75, 3.05) is 11.9 Å². The van der Waals surface area contributed by atoms with E-state index in [1.54, 1.807) is 24.3 Å². The first-order valence-corrected chi connectivity index (χ1v) is 14.3. The van der Waals surface area contributed by atoms with Crippen LogP contribution in [-0.2, 0) is 11.0 Å². The van der Waals surface area contributed by atoms with Gasteiger partial charge in [0.1, 0.15) is 12.1 Å². The minimum Gasteiger partial charge on any atom is -0.384 e. The Bertz CT molecular complexity index is 888. The molecular weight excluding hydrogens is 527 g/mol. The minimum absolute atomic E-state index is 0. The molecule has 0 unspecified atom stereocenters. The maximum Gasteiger partial charge on any atom is 0.416 e. The first-order valence-electron chi connectivity index (χ1n) is 14.3. The summed E-state index contributed by atoms with van der Waals surface area (Å²) >= 11 is 0. The second kappa shape index (κ2) is 27.3. The third-order valence-electron chi connectivity index (χ3n) is 5.54. The number of nitrogens with two attached hydrogens (primary N) is 2. The Kier molecular flexibility index (Phi) is 28.3. The lowest BCUT2D eigenvalue weighted by molar-refractivity contribution is -0.137. The van der Waals surface area contributed by atoms with E-state index in [4.69, 9.17) is 11.1 Å². The Morgan fingerprint density at radius 1 is 0.927 bits per heavy atom. The number of rotatable bonds is 14. The predicted octanol–water partition coefficient (Wildman–Crippen LogP) is 9.22. The molecule has 9 heteroatoms. The van der Waals surface area contributed by atoms with Crippen molar-refractivity contribution in [1.29, 1.82) is 5.41 Å². The zero-order chi connectivity index (χ0) is 30.8. The second-order valence-corrected chi connectivity index (χ2v) is 9.39.